The number of pyridine rings is 1. The molecule has 0 spiro atoms. The van der Waals surface area contributed by atoms with Crippen molar-refractivity contribution in [1.29, 1.82) is 0 Å². The van der Waals surface area contributed by atoms with Crippen molar-refractivity contribution in [3.8, 4) is 22.8 Å². The fourth-order valence-corrected chi connectivity index (χ4v) is 3.26. The fourth-order valence-electron chi connectivity index (χ4n) is 3.26. The normalized spacial score (nSPS) is 11.8. The lowest BCUT2D eigenvalue weighted by atomic mass is 9.97. The number of benzene rings is 2. The van der Waals surface area contributed by atoms with E-state index in [0.29, 0.717) is 17.9 Å². The van der Waals surface area contributed by atoms with Gasteiger partial charge in [0, 0.05) is 35.5 Å². The van der Waals surface area contributed by atoms with E-state index in [-0.39, 0.29) is 23.9 Å². The Kier molecular flexibility index (Phi) is 6.17. The zero-order chi connectivity index (χ0) is 21.6. The van der Waals surface area contributed by atoms with Crippen LogP contribution in [0.4, 0.5) is 4.39 Å². The molecule has 0 aliphatic carbocycles. The standard InChI is InChI=1S/C25H22FN3O2/c1-17(13-21-15-27-16-28-21)25(30)14-20-3-2-4-24(29-20)18-5-9-22(10-6-18)31-23-11-7-19(26)8-12-23/h2-12,15-17H,13-14H2,1H3,(H,27,28)/t17-/m0/s1. The van der Waals surface area contributed by atoms with E-state index in [4.69, 9.17) is 4.74 Å². The van der Waals surface area contributed by atoms with Gasteiger partial charge in [0.05, 0.1) is 12.0 Å². The lowest BCUT2D eigenvalue weighted by molar-refractivity contribution is -0.121. The Morgan fingerprint density at radius 1 is 1.03 bits per heavy atom. The number of hydrogen-bond acceptors (Lipinski definition) is 4. The molecule has 1 atom stereocenters. The molecule has 2 aromatic heterocycles. The Hall–Kier alpha value is -3.80. The summed E-state index contributed by atoms with van der Waals surface area (Å²) in [6.07, 6.45) is 4.28. The van der Waals surface area contributed by atoms with E-state index in [1.54, 1.807) is 24.7 Å². The fraction of sp³-hybridized carbons (Fsp3) is 0.160. The number of nitrogens with zero attached hydrogens (tertiary/aromatic N) is 2. The molecule has 0 saturated carbocycles. The largest absolute Gasteiger partial charge is 0.457 e. The number of Topliss-reactive ketones (excluding diaryl/α,β-unsaturated/α-hetero) is 1. The number of rotatable bonds is 8. The molecule has 6 heteroatoms. The molecule has 31 heavy (non-hydrogen) atoms. The maximum atomic E-state index is 13.0. The van der Waals surface area contributed by atoms with E-state index < -0.39 is 0 Å². The second-order valence-corrected chi connectivity index (χ2v) is 7.42. The molecular formula is C25H22FN3O2. The van der Waals surface area contributed by atoms with Crippen LogP contribution in [-0.2, 0) is 17.6 Å². The van der Waals surface area contributed by atoms with Crippen LogP contribution in [-0.4, -0.2) is 20.7 Å². The third-order valence-electron chi connectivity index (χ3n) is 4.99. The van der Waals surface area contributed by atoms with Gasteiger partial charge < -0.3 is 9.72 Å². The van der Waals surface area contributed by atoms with Gasteiger partial charge in [-0.2, -0.15) is 0 Å². The summed E-state index contributed by atoms with van der Waals surface area (Å²) >= 11 is 0. The van der Waals surface area contributed by atoms with Crippen molar-refractivity contribution in [3.63, 3.8) is 0 Å². The Bertz CT molecular complexity index is 1140. The zero-order valence-electron chi connectivity index (χ0n) is 17.1. The van der Waals surface area contributed by atoms with E-state index in [2.05, 4.69) is 15.0 Å². The minimum Gasteiger partial charge on any atom is -0.457 e. The number of nitrogens with one attached hydrogen (secondary N) is 1. The SMILES string of the molecule is C[C@@H](Cc1cnc[nH]1)C(=O)Cc1cccc(-c2ccc(Oc3ccc(F)cc3)cc2)n1. The predicted molar refractivity (Wildman–Crippen MR) is 116 cm³/mol. The molecule has 4 rings (SSSR count). The number of aromatic amines is 1. The van der Waals surface area contributed by atoms with Crippen molar-refractivity contribution in [2.75, 3.05) is 0 Å². The Balaban J connectivity index is 1.41. The molecule has 5 nitrogen and oxygen atoms in total. The van der Waals surface area contributed by atoms with Crippen molar-refractivity contribution in [1.82, 2.24) is 15.0 Å². The highest BCUT2D eigenvalue weighted by molar-refractivity contribution is 5.83. The Morgan fingerprint density at radius 3 is 2.42 bits per heavy atom. The smallest absolute Gasteiger partial charge is 0.142 e. The van der Waals surface area contributed by atoms with Gasteiger partial charge in [0.1, 0.15) is 23.1 Å². The molecular weight excluding hydrogens is 393 g/mol. The van der Waals surface area contributed by atoms with Crippen LogP contribution < -0.4 is 4.74 Å². The summed E-state index contributed by atoms with van der Waals surface area (Å²) in [4.78, 5) is 24.3. The number of ether oxygens (including phenoxy) is 1. The number of hydrogen-bond donors (Lipinski definition) is 1. The van der Waals surface area contributed by atoms with Gasteiger partial charge in [0.15, 0.2) is 0 Å². The zero-order valence-corrected chi connectivity index (χ0v) is 17.1. The summed E-state index contributed by atoms with van der Waals surface area (Å²) in [7, 11) is 0. The van der Waals surface area contributed by atoms with Crippen molar-refractivity contribution in [2.24, 2.45) is 5.92 Å². The molecule has 156 valence electrons. The van der Waals surface area contributed by atoms with Crippen LogP contribution in [0, 0.1) is 11.7 Å². The van der Waals surface area contributed by atoms with E-state index in [1.165, 1.54) is 12.1 Å². The van der Waals surface area contributed by atoms with Crippen molar-refractivity contribution in [3.05, 3.63) is 96.5 Å². The van der Waals surface area contributed by atoms with Crippen LogP contribution in [0.3, 0.4) is 0 Å². The number of H-pyrrole nitrogens is 1. The molecule has 1 N–H and O–H groups in total. The number of ketones is 1. The van der Waals surface area contributed by atoms with Crippen molar-refractivity contribution in [2.45, 2.75) is 19.8 Å². The van der Waals surface area contributed by atoms with Crippen molar-refractivity contribution < 1.29 is 13.9 Å². The highest BCUT2D eigenvalue weighted by Gasteiger charge is 2.16. The van der Waals surface area contributed by atoms with Crippen LogP contribution in [0.5, 0.6) is 11.5 Å². The third kappa shape index (κ3) is 5.42. The monoisotopic (exact) mass is 415 g/mol. The second kappa shape index (κ2) is 9.34. The molecule has 0 saturated heterocycles. The van der Waals surface area contributed by atoms with Crippen molar-refractivity contribution >= 4 is 5.78 Å². The molecule has 4 aromatic rings. The topological polar surface area (TPSA) is 67.9 Å². The molecule has 0 amide bonds. The molecule has 0 radical (unpaired) electrons. The Morgan fingerprint density at radius 2 is 1.74 bits per heavy atom. The molecule has 0 aliphatic heterocycles. The maximum absolute atomic E-state index is 13.0. The first-order chi connectivity index (χ1) is 15.1. The predicted octanol–water partition coefficient (Wildman–Crippen LogP) is 5.39. The number of imidazole rings is 1. The van der Waals surface area contributed by atoms with Crippen LogP contribution in [0.25, 0.3) is 11.3 Å². The van der Waals surface area contributed by atoms with E-state index in [9.17, 15) is 9.18 Å². The minimum atomic E-state index is -0.303. The molecule has 2 aromatic carbocycles. The maximum Gasteiger partial charge on any atom is 0.142 e. The van der Waals surface area contributed by atoms with E-state index in [1.807, 2.05) is 49.4 Å². The summed E-state index contributed by atoms with van der Waals surface area (Å²) in [5, 5.41) is 0. The second-order valence-electron chi connectivity index (χ2n) is 7.42. The molecule has 0 unspecified atom stereocenters. The van der Waals surface area contributed by atoms with E-state index in [0.717, 1.165) is 22.6 Å². The van der Waals surface area contributed by atoms with Gasteiger partial charge >= 0.3 is 0 Å². The van der Waals surface area contributed by atoms with Gasteiger partial charge in [-0.3, -0.25) is 9.78 Å². The summed E-state index contributed by atoms with van der Waals surface area (Å²) in [6, 6.07) is 19.1. The van der Waals surface area contributed by atoms with Gasteiger partial charge in [0.25, 0.3) is 0 Å². The van der Waals surface area contributed by atoms with E-state index >= 15 is 0 Å². The van der Waals surface area contributed by atoms with Gasteiger partial charge in [-0.05, 0) is 67.1 Å². The number of carbonyl (C=O) groups is 1. The van der Waals surface area contributed by atoms with Crippen LogP contribution in [0.1, 0.15) is 18.3 Å². The third-order valence-corrected chi connectivity index (χ3v) is 4.99. The van der Waals surface area contributed by atoms with Crippen LogP contribution >= 0.6 is 0 Å². The quantitative estimate of drug-likeness (QED) is 0.419. The first-order valence-corrected chi connectivity index (χ1v) is 10.1. The highest BCUT2D eigenvalue weighted by atomic mass is 19.1. The first-order valence-electron chi connectivity index (χ1n) is 10.1. The summed E-state index contributed by atoms with van der Waals surface area (Å²) in [5.74, 6) is 0.935. The van der Waals surface area contributed by atoms with Gasteiger partial charge in [0.2, 0.25) is 0 Å². The number of aromatic nitrogens is 3. The average Bonchev–Trinajstić information content (AvgIpc) is 3.29. The minimum absolute atomic E-state index is 0.117. The number of carbonyl (C=O) groups excluding carboxylic acids is 1. The molecule has 0 bridgehead atoms. The molecule has 0 aliphatic rings. The van der Waals surface area contributed by atoms with Crippen LogP contribution in [0.2, 0.25) is 0 Å². The lowest BCUT2D eigenvalue weighted by Crippen LogP contribution is -2.17. The molecule has 0 fully saturated rings. The first kappa shape index (κ1) is 20.5. The van der Waals surface area contributed by atoms with Gasteiger partial charge in [-0.15, -0.1) is 0 Å². The van der Waals surface area contributed by atoms with Crippen LogP contribution in [0.15, 0.2) is 79.3 Å². The average molecular weight is 415 g/mol. The summed E-state index contributed by atoms with van der Waals surface area (Å²) in [5.41, 5.74) is 3.40. The summed E-state index contributed by atoms with van der Waals surface area (Å²) < 4.78 is 18.8. The molecule has 2 heterocycles. The van der Waals surface area contributed by atoms with Gasteiger partial charge in [-0.25, -0.2) is 9.37 Å². The number of halogens is 1. The Labute approximate surface area is 180 Å². The lowest BCUT2D eigenvalue weighted by Gasteiger charge is -2.10. The highest BCUT2D eigenvalue weighted by Crippen LogP contribution is 2.25. The summed E-state index contributed by atoms with van der Waals surface area (Å²) in [6.45, 7) is 1.92. The van der Waals surface area contributed by atoms with Gasteiger partial charge in [-0.1, -0.05) is 13.0 Å².